The van der Waals surface area contributed by atoms with Gasteiger partial charge in [0, 0.05) is 57.7 Å². The van der Waals surface area contributed by atoms with E-state index in [1.807, 2.05) is 12.3 Å². The van der Waals surface area contributed by atoms with E-state index in [0.29, 0.717) is 12.0 Å². The van der Waals surface area contributed by atoms with Crippen LogP contribution in [0.4, 0.5) is 0 Å². The van der Waals surface area contributed by atoms with Crippen LogP contribution in [0.2, 0.25) is 0 Å². The van der Waals surface area contributed by atoms with Crippen molar-refractivity contribution in [3.8, 4) is 0 Å². The molecule has 1 aromatic heterocycles. The normalized spacial score (nSPS) is 30.3. The number of aromatic nitrogens is 1. The average molecular weight is 345 g/mol. The summed E-state index contributed by atoms with van der Waals surface area (Å²) >= 11 is 0. The fourth-order valence-electron chi connectivity index (χ4n) is 4.23. The van der Waals surface area contributed by atoms with E-state index in [0.717, 1.165) is 58.5 Å². The Morgan fingerprint density at radius 1 is 1.32 bits per heavy atom. The molecule has 0 saturated carbocycles. The van der Waals surface area contributed by atoms with Gasteiger partial charge in [0.25, 0.3) is 0 Å². The Morgan fingerprint density at radius 2 is 2.20 bits per heavy atom. The quantitative estimate of drug-likeness (QED) is 0.873. The van der Waals surface area contributed by atoms with E-state index in [9.17, 15) is 4.79 Å². The molecule has 4 rings (SSSR count). The molecule has 3 fully saturated rings. The van der Waals surface area contributed by atoms with Crippen molar-refractivity contribution < 1.29 is 14.3 Å². The van der Waals surface area contributed by atoms with Crippen molar-refractivity contribution in [1.82, 2.24) is 15.2 Å². The summed E-state index contributed by atoms with van der Waals surface area (Å²) in [6.07, 6.45) is 7.49. The molecular formula is C19H27N3O3. The lowest BCUT2D eigenvalue weighted by molar-refractivity contribution is -0.132. The Bertz CT molecular complexity index is 577. The molecule has 3 aliphatic rings. The van der Waals surface area contributed by atoms with Crippen molar-refractivity contribution in [2.75, 3.05) is 26.3 Å². The van der Waals surface area contributed by atoms with Gasteiger partial charge in [-0.3, -0.25) is 14.7 Å². The molecule has 4 heterocycles. The predicted molar refractivity (Wildman–Crippen MR) is 92.9 cm³/mol. The highest BCUT2D eigenvalue weighted by atomic mass is 16.5. The Hall–Kier alpha value is -1.50. The lowest BCUT2D eigenvalue weighted by Gasteiger charge is -2.23. The summed E-state index contributed by atoms with van der Waals surface area (Å²) in [6.45, 7) is 4.29. The Labute approximate surface area is 148 Å². The van der Waals surface area contributed by atoms with Crippen molar-refractivity contribution in [3.63, 3.8) is 0 Å². The van der Waals surface area contributed by atoms with Crippen LogP contribution in [0.15, 0.2) is 24.5 Å². The van der Waals surface area contributed by atoms with E-state index in [2.05, 4.69) is 21.3 Å². The van der Waals surface area contributed by atoms with Crippen LogP contribution in [0.25, 0.3) is 0 Å². The maximum absolute atomic E-state index is 12.5. The number of carbonyl (C=O) groups is 1. The first-order valence-electron chi connectivity index (χ1n) is 9.43. The maximum atomic E-state index is 12.5. The van der Waals surface area contributed by atoms with Gasteiger partial charge in [-0.25, -0.2) is 0 Å². The van der Waals surface area contributed by atoms with Gasteiger partial charge in [0.2, 0.25) is 5.91 Å². The number of amides is 1. The Kier molecular flexibility index (Phi) is 5.29. The minimum Gasteiger partial charge on any atom is -0.381 e. The number of nitrogens with zero attached hydrogens (tertiary/aromatic N) is 2. The van der Waals surface area contributed by atoms with E-state index < -0.39 is 0 Å². The standard InChI is InChI=1S/C19H27N3O3/c23-19(21-12-14-4-8-24-9-5-14)18-10-16-17(25-18)3-7-22(16)13-15-2-1-6-20-11-15/h1-2,6,11,14,16-18H,3-5,7-10,12-13H2,(H,21,23)/t16-,17-,18+/m0/s1. The van der Waals surface area contributed by atoms with Crippen LogP contribution >= 0.6 is 0 Å². The van der Waals surface area contributed by atoms with Crippen LogP contribution < -0.4 is 5.32 Å². The first kappa shape index (κ1) is 16.9. The van der Waals surface area contributed by atoms with Crippen molar-refractivity contribution >= 4 is 5.91 Å². The SMILES string of the molecule is O=C(NCC1CCOCC1)[C@H]1C[C@H]2[C@H](CCN2Cc2cccnc2)O1. The molecule has 0 radical (unpaired) electrons. The molecule has 3 saturated heterocycles. The fraction of sp³-hybridized carbons (Fsp3) is 0.684. The number of fused-ring (bicyclic) bond motifs is 1. The van der Waals surface area contributed by atoms with Crippen LogP contribution in [0.3, 0.4) is 0 Å². The third kappa shape index (κ3) is 4.02. The molecule has 6 heteroatoms. The maximum Gasteiger partial charge on any atom is 0.249 e. The van der Waals surface area contributed by atoms with Gasteiger partial charge >= 0.3 is 0 Å². The van der Waals surface area contributed by atoms with Crippen molar-refractivity contribution in [1.29, 1.82) is 0 Å². The molecule has 0 unspecified atom stereocenters. The van der Waals surface area contributed by atoms with E-state index >= 15 is 0 Å². The monoisotopic (exact) mass is 345 g/mol. The number of ether oxygens (including phenoxy) is 2. The zero-order valence-electron chi connectivity index (χ0n) is 14.6. The van der Waals surface area contributed by atoms with Gasteiger partial charge in [0.1, 0.15) is 6.10 Å². The highest BCUT2D eigenvalue weighted by Gasteiger charge is 2.45. The first-order chi connectivity index (χ1) is 12.3. The van der Waals surface area contributed by atoms with Gasteiger partial charge in [-0.2, -0.15) is 0 Å². The van der Waals surface area contributed by atoms with Crippen LogP contribution in [0.5, 0.6) is 0 Å². The molecule has 1 amide bonds. The predicted octanol–water partition coefficient (Wildman–Crippen LogP) is 1.36. The van der Waals surface area contributed by atoms with Crippen molar-refractivity contribution in [2.24, 2.45) is 5.92 Å². The van der Waals surface area contributed by atoms with Crippen LogP contribution in [0, 0.1) is 5.92 Å². The van der Waals surface area contributed by atoms with Gasteiger partial charge < -0.3 is 14.8 Å². The highest BCUT2D eigenvalue weighted by Crippen LogP contribution is 2.33. The minimum atomic E-state index is -0.300. The van der Waals surface area contributed by atoms with Gasteiger partial charge in [-0.05, 0) is 36.8 Å². The smallest absolute Gasteiger partial charge is 0.249 e. The summed E-state index contributed by atoms with van der Waals surface area (Å²) in [6, 6.07) is 4.42. The lowest BCUT2D eigenvalue weighted by Crippen LogP contribution is -2.39. The molecule has 0 aliphatic carbocycles. The Balaban J connectivity index is 1.27. The van der Waals surface area contributed by atoms with E-state index in [1.165, 1.54) is 5.56 Å². The number of hydrogen-bond acceptors (Lipinski definition) is 5. The molecular weight excluding hydrogens is 318 g/mol. The van der Waals surface area contributed by atoms with Gasteiger partial charge in [-0.1, -0.05) is 6.07 Å². The lowest BCUT2D eigenvalue weighted by atomic mass is 10.0. The number of pyridine rings is 1. The largest absolute Gasteiger partial charge is 0.381 e. The molecule has 3 aliphatic heterocycles. The van der Waals surface area contributed by atoms with Gasteiger partial charge in [0.05, 0.1) is 6.10 Å². The molecule has 1 N–H and O–H groups in total. The number of hydrogen-bond donors (Lipinski definition) is 1. The third-order valence-corrected chi connectivity index (χ3v) is 5.70. The van der Waals surface area contributed by atoms with Crippen molar-refractivity contribution in [3.05, 3.63) is 30.1 Å². The number of likely N-dealkylation sites (tertiary alicyclic amines) is 1. The molecule has 3 atom stereocenters. The number of carbonyl (C=O) groups excluding carboxylic acids is 1. The molecule has 6 nitrogen and oxygen atoms in total. The summed E-state index contributed by atoms with van der Waals surface area (Å²) in [5, 5.41) is 3.10. The fourth-order valence-corrected chi connectivity index (χ4v) is 4.23. The zero-order valence-corrected chi connectivity index (χ0v) is 14.6. The van der Waals surface area contributed by atoms with Crippen molar-refractivity contribution in [2.45, 2.75) is 50.5 Å². The van der Waals surface area contributed by atoms with Crippen LogP contribution in [-0.2, 0) is 20.8 Å². The van der Waals surface area contributed by atoms with Crippen LogP contribution in [-0.4, -0.2) is 60.3 Å². The average Bonchev–Trinajstić information content (AvgIpc) is 3.24. The summed E-state index contributed by atoms with van der Waals surface area (Å²) in [5.74, 6) is 0.600. The van der Waals surface area contributed by atoms with E-state index in [1.54, 1.807) is 6.20 Å². The summed E-state index contributed by atoms with van der Waals surface area (Å²) in [7, 11) is 0. The second kappa shape index (κ2) is 7.81. The van der Waals surface area contributed by atoms with Gasteiger partial charge in [-0.15, -0.1) is 0 Å². The topological polar surface area (TPSA) is 63.7 Å². The Morgan fingerprint density at radius 3 is 3.00 bits per heavy atom. The molecule has 25 heavy (non-hydrogen) atoms. The van der Waals surface area contributed by atoms with E-state index in [4.69, 9.17) is 9.47 Å². The second-order valence-corrected chi connectivity index (χ2v) is 7.39. The summed E-state index contributed by atoms with van der Waals surface area (Å²) in [5.41, 5.74) is 1.22. The van der Waals surface area contributed by atoms with Crippen LogP contribution in [0.1, 0.15) is 31.2 Å². The summed E-state index contributed by atoms with van der Waals surface area (Å²) in [4.78, 5) is 19.1. The molecule has 136 valence electrons. The molecule has 0 aromatic carbocycles. The summed E-state index contributed by atoms with van der Waals surface area (Å²) < 4.78 is 11.4. The van der Waals surface area contributed by atoms with Gasteiger partial charge in [0.15, 0.2) is 0 Å². The molecule has 0 spiro atoms. The number of rotatable bonds is 5. The first-order valence-corrected chi connectivity index (χ1v) is 9.43. The highest BCUT2D eigenvalue weighted by molar-refractivity contribution is 5.81. The molecule has 1 aromatic rings. The minimum absolute atomic E-state index is 0.0576. The number of nitrogens with one attached hydrogen (secondary N) is 1. The third-order valence-electron chi connectivity index (χ3n) is 5.70. The molecule has 0 bridgehead atoms. The zero-order chi connectivity index (χ0) is 17.1. The second-order valence-electron chi connectivity index (χ2n) is 7.39. The van der Waals surface area contributed by atoms with E-state index in [-0.39, 0.29) is 18.1 Å².